The number of nitrogens with zero attached hydrogens (tertiary/aromatic N) is 3. The van der Waals surface area contributed by atoms with Gasteiger partial charge in [-0.15, -0.1) is 0 Å². The maximum absolute atomic E-state index is 10.0. The largest absolute Gasteiger partial charge is 0.491 e. The Hall–Kier alpha value is -3.05. The van der Waals surface area contributed by atoms with E-state index in [2.05, 4.69) is 15.8 Å². The lowest BCUT2D eigenvalue weighted by Gasteiger charge is -2.36. The molecular formula is C27H37N5O5. The van der Waals surface area contributed by atoms with Gasteiger partial charge in [0.2, 0.25) is 0 Å². The lowest BCUT2D eigenvalue weighted by Crippen LogP contribution is -2.44. The SMILES string of the molecule is CNCC(O)COc1cccc(-c2nc(NCC3(OC)CCOCC3)c(C)c(-c3c(C)noc3C)n2)c1. The molecule has 10 heteroatoms. The molecule has 4 rings (SSSR count). The summed E-state index contributed by atoms with van der Waals surface area (Å²) >= 11 is 0. The van der Waals surface area contributed by atoms with Crippen LogP contribution in [-0.4, -0.2) is 79.0 Å². The molecule has 0 aliphatic carbocycles. The third kappa shape index (κ3) is 6.27. The van der Waals surface area contributed by atoms with Crippen LogP contribution in [0.2, 0.25) is 0 Å². The van der Waals surface area contributed by atoms with E-state index >= 15 is 0 Å². The number of aliphatic hydroxyl groups excluding tert-OH is 1. The molecule has 1 aliphatic heterocycles. The van der Waals surface area contributed by atoms with E-state index in [1.165, 1.54) is 0 Å². The number of benzene rings is 1. The predicted octanol–water partition coefficient (Wildman–Crippen LogP) is 3.29. The number of nitrogens with one attached hydrogen (secondary N) is 2. The fraction of sp³-hybridized carbons (Fsp3) is 0.519. The standard InChI is InChI=1S/C27H37N5O5/c1-17-24(23-18(2)32-37-19(23)3)30-26(20-7-6-8-22(13-20)36-15-21(33)14-28-4)31-25(17)29-16-27(34-5)9-11-35-12-10-27/h6-8,13,21,28,33H,9-12,14-16H2,1-5H3,(H,29,30,31). The molecule has 0 radical (unpaired) electrons. The minimum atomic E-state index is -0.607. The fourth-order valence-electron chi connectivity index (χ4n) is 4.54. The van der Waals surface area contributed by atoms with Gasteiger partial charge < -0.3 is 34.5 Å². The number of aliphatic hydroxyl groups is 1. The molecule has 3 heterocycles. The molecule has 10 nitrogen and oxygen atoms in total. The van der Waals surface area contributed by atoms with Gasteiger partial charge in [-0.25, -0.2) is 9.97 Å². The zero-order chi connectivity index (χ0) is 26.4. The summed E-state index contributed by atoms with van der Waals surface area (Å²) < 4.78 is 22.7. The normalized spacial score (nSPS) is 15.9. The van der Waals surface area contributed by atoms with E-state index in [4.69, 9.17) is 28.7 Å². The minimum absolute atomic E-state index is 0.180. The third-order valence-corrected chi connectivity index (χ3v) is 6.81. The first-order valence-electron chi connectivity index (χ1n) is 12.6. The number of hydrogen-bond donors (Lipinski definition) is 3. The van der Waals surface area contributed by atoms with Crippen molar-refractivity contribution < 1.29 is 23.8 Å². The van der Waals surface area contributed by atoms with Crippen molar-refractivity contribution in [2.24, 2.45) is 0 Å². The summed E-state index contributed by atoms with van der Waals surface area (Å²) in [4.78, 5) is 9.86. The van der Waals surface area contributed by atoms with Gasteiger partial charge in [-0.1, -0.05) is 17.3 Å². The van der Waals surface area contributed by atoms with Crippen LogP contribution in [0, 0.1) is 20.8 Å². The van der Waals surface area contributed by atoms with Crippen molar-refractivity contribution >= 4 is 5.82 Å². The predicted molar refractivity (Wildman–Crippen MR) is 141 cm³/mol. The van der Waals surface area contributed by atoms with E-state index in [-0.39, 0.29) is 12.2 Å². The highest BCUT2D eigenvalue weighted by Crippen LogP contribution is 2.34. The summed E-state index contributed by atoms with van der Waals surface area (Å²) in [6.07, 6.45) is 1.01. The Kier molecular flexibility index (Phi) is 8.75. The van der Waals surface area contributed by atoms with Crippen LogP contribution < -0.4 is 15.4 Å². The molecule has 1 aromatic carbocycles. The molecule has 0 bridgehead atoms. The van der Waals surface area contributed by atoms with E-state index in [0.717, 1.165) is 46.7 Å². The highest BCUT2D eigenvalue weighted by Gasteiger charge is 2.33. The Morgan fingerprint density at radius 3 is 2.62 bits per heavy atom. The lowest BCUT2D eigenvalue weighted by molar-refractivity contribution is -0.0807. The van der Waals surface area contributed by atoms with Crippen LogP contribution in [0.5, 0.6) is 5.75 Å². The number of aryl methyl sites for hydroxylation is 2. The number of anilines is 1. The number of methoxy groups -OCH3 is 1. The third-order valence-electron chi connectivity index (χ3n) is 6.81. The smallest absolute Gasteiger partial charge is 0.162 e. The topological polar surface area (TPSA) is 124 Å². The van der Waals surface area contributed by atoms with Gasteiger partial charge in [0.05, 0.1) is 22.6 Å². The molecule has 3 N–H and O–H groups in total. The van der Waals surface area contributed by atoms with Crippen molar-refractivity contribution in [3.05, 3.63) is 41.3 Å². The molecule has 0 spiro atoms. The van der Waals surface area contributed by atoms with Gasteiger partial charge in [0.15, 0.2) is 5.82 Å². The Morgan fingerprint density at radius 1 is 1.16 bits per heavy atom. The average Bonchev–Trinajstić information content (AvgIpc) is 3.25. The maximum Gasteiger partial charge on any atom is 0.162 e. The van der Waals surface area contributed by atoms with E-state index in [1.54, 1.807) is 14.2 Å². The molecule has 0 saturated carbocycles. The van der Waals surface area contributed by atoms with Crippen LogP contribution in [0.4, 0.5) is 5.82 Å². The van der Waals surface area contributed by atoms with Gasteiger partial charge in [-0.2, -0.15) is 0 Å². The summed E-state index contributed by atoms with van der Waals surface area (Å²) in [7, 11) is 3.54. The summed E-state index contributed by atoms with van der Waals surface area (Å²) in [5.41, 5.74) is 3.77. The zero-order valence-corrected chi connectivity index (χ0v) is 22.3. The van der Waals surface area contributed by atoms with Gasteiger partial charge in [0.1, 0.15) is 30.0 Å². The van der Waals surface area contributed by atoms with Crippen LogP contribution in [-0.2, 0) is 9.47 Å². The fourth-order valence-corrected chi connectivity index (χ4v) is 4.54. The lowest BCUT2D eigenvalue weighted by atomic mass is 9.94. The van der Waals surface area contributed by atoms with E-state index in [1.807, 2.05) is 45.0 Å². The molecule has 1 saturated heterocycles. The Labute approximate surface area is 217 Å². The van der Waals surface area contributed by atoms with Crippen molar-refractivity contribution in [1.29, 1.82) is 0 Å². The summed E-state index contributed by atoms with van der Waals surface area (Å²) in [6, 6.07) is 7.57. The Balaban J connectivity index is 1.70. The molecule has 1 aliphatic rings. The van der Waals surface area contributed by atoms with Crippen LogP contribution in [0.15, 0.2) is 28.8 Å². The molecule has 1 fully saturated rings. The first-order valence-corrected chi connectivity index (χ1v) is 12.6. The molecule has 0 amide bonds. The van der Waals surface area contributed by atoms with Crippen LogP contribution >= 0.6 is 0 Å². The first-order chi connectivity index (χ1) is 17.9. The van der Waals surface area contributed by atoms with Crippen LogP contribution in [0.3, 0.4) is 0 Å². The van der Waals surface area contributed by atoms with Crippen molar-refractivity contribution in [1.82, 2.24) is 20.4 Å². The average molecular weight is 512 g/mol. The number of ether oxygens (including phenoxy) is 3. The minimum Gasteiger partial charge on any atom is -0.491 e. The van der Waals surface area contributed by atoms with E-state index < -0.39 is 6.10 Å². The van der Waals surface area contributed by atoms with Crippen molar-refractivity contribution in [2.45, 2.75) is 45.3 Å². The molecule has 1 atom stereocenters. The summed E-state index contributed by atoms with van der Waals surface area (Å²) in [5.74, 6) is 2.59. The molecule has 37 heavy (non-hydrogen) atoms. The van der Waals surface area contributed by atoms with Crippen molar-refractivity contribution in [3.8, 4) is 28.4 Å². The van der Waals surface area contributed by atoms with E-state index in [9.17, 15) is 5.11 Å². The summed E-state index contributed by atoms with van der Waals surface area (Å²) in [5, 5.41) is 20.6. The number of rotatable bonds is 11. The maximum atomic E-state index is 10.0. The Bertz CT molecular complexity index is 1170. The zero-order valence-electron chi connectivity index (χ0n) is 22.3. The second-order valence-corrected chi connectivity index (χ2v) is 9.47. The van der Waals surface area contributed by atoms with E-state index in [0.29, 0.717) is 43.6 Å². The van der Waals surface area contributed by atoms with Crippen molar-refractivity contribution in [2.75, 3.05) is 52.4 Å². The quantitative estimate of drug-likeness (QED) is 0.353. The highest BCUT2D eigenvalue weighted by molar-refractivity contribution is 5.74. The van der Waals surface area contributed by atoms with Gasteiger partial charge in [0, 0.05) is 57.4 Å². The van der Waals surface area contributed by atoms with Gasteiger partial charge >= 0.3 is 0 Å². The number of aromatic nitrogens is 3. The molecule has 3 aromatic rings. The van der Waals surface area contributed by atoms with Gasteiger partial charge in [0.25, 0.3) is 0 Å². The number of hydrogen-bond acceptors (Lipinski definition) is 10. The van der Waals surface area contributed by atoms with Crippen LogP contribution in [0.1, 0.15) is 29.9 Å². The Morgan fingerprint density at radius 2 is 1.95 bits per heavy atom. The second kappa shape index (κ2) is 12.0. The van der Waals surface area contributed by atoms with Gasteiger partial charge in [-0.05, 0) is 40.0 Å². The van der Waals surface area contributed by atoms with Gasteiger partial charge in [-0.3, -0.25) is 0 Å². The second-order valence-electron chi connectivity index (χ2n) is 9.47. The summed E-state index contributed by atoms with van der Waals surface area (Å²) in [6.45, 7) is 8.36. The molecular weight excluding hydrogens is 474 g/mol. The van der Waals surface area contributed by atoms with Crippen LogP contribution in [0.25, 0.3) is 22.6 Å². The number of likely N-dealkylation sites (N-methyl/N-ethyl adjacent to an activating group) is 1. The monoisotopic (exact) mass is 511 g/mol. The molecule has 200 valence electrons. The van der Waals surface area contributed by atoms with Crippen molar-refractivity contribution in [3.63, 3.8) is 0 Å². The first kappa shape index (κ1) is 27.0. The molecule has 1 unspecified atom stereocenters. The highest BCUT2D eigenvalue weighted by atomic mass is 16.5. The molecule has 2 aromatic heterocycles.